The Kier molecular flexibility index (Phi) is 6.19. The molecule has 0 radical (unpaired) electrons. The normalized spacial score (nSPS) is 11.1. The van der Waals surface area contributed by atoms with Gasteiger partial charge < -0.3 is 14.8 Å². The predicted octanol–water partition coefficient (Wildman–Crippen LogP) is 3.11. The first-order valence-corrected chi connectivity index (χ1v) is 9.46. The molecule has 0 fully saturated rings. The average molecular weight is 425 g/mol. The summed E-state index contributed by atoms with van der Waals surface area (Å²) in [5.41, 5.74) is 0.684. The Balaban J connectivity index is 1.55. The highest BCUT2D eigenvalue weighted by Gasteiger charge is 2.20. The zero-order valence-electron chi connectivity index (χ0n) is 17.6. The fourth-order valence-corrected chi connectivity index (χ4v) is 2.67. The van der Waals surface area contributed by atoms with Crippen LogP contribution in [-0.2, 0) is 21.3 Å². The van der Waals surface area contributed by atoms with Crippen molar-refractivity contribution in [3.8, 4) is 0 Å². The van der Waals surface area contributed by atoms with E-state index < -0.39 is 30.2 Å². The maximum atomic E-state index is 12.3. The second kappa shape index (κ2) is 8.82. The molecule has 2 N–H and O–H groups in total. The number of anilines is 2. The van der Waals surface area contributed by atoms with Gasteiger partial charge in [-0.1, -0.05) is 18.2 Å². The van der Waals surface area contributed by atoms with Gasteiger partial charge in [0.2, 0.25) is 0 Å². The lowest BCUT2D eigenvalue weighted by Gasteiger charge is -2.18. The van der Waals surface area contributed by atoms with E-state index in [1.807, 2.05) is 24.3 Å². The first-order chi connectivity index (χ1) is 14.6. The van der Waals surface area contributed by atoms with Gasteiger partial charge in [-0.2, -0.15) is 5.10 Å². The average Bonchev–Trinajstić information content (AvgIpc) is 3.04. The summed E-state index contributed by atoms with van der Waals surface area (Å²) in [5.74, 6) is -1.16. The summed E-state index contributed by atoms with van der Waals surface area (Å²) in [7, 11) is 1.51. The molecule has 2 heterocycles. The Bertz CT molecular complexity index is 1130. The number of ether oxygens (including phenoxy) is 2. The fourth-order valence-electron chi connectivity index (χ4n) is 2.67. The number of amides is 2. The van der Waals surface area contributed by atoms with E-state index in [4.69, 9.17) is 9.47 Å². The molecule has 3 aromatic rings. The fraction of sp³-hybridized carbons (Fsp3) is 0.286. The van der Waals surface area contributed by atoms with Gasteiger partial charge in [0.25, 0.3) is 5.91 Å². The number of para-hydroxylation sites is 1. The van der Waals surface area contributed by atoms with Crippen molar-refractivity contribution < 1.29 is 23.9 Å². The molecule has 0 aliphatic heterocycles. The van der Waals surface area contributed by atoms with Crippen molar-refractivity contribution in [3.05, 3.63) is 48.3 Å². The highest BCUT2D eigenvalue weighted by Crippen LogP contribution is 2.16. The highest BCUT2D eigenvalue weighted by atomic mass is 16.6. The van der Waals surface area contributed by atoms with Crippen molar-refractivity contribution in [2.24, 2.45) is 7.05 Å². The van der Waals surface area contributed by atoms with Crippen LogP contribution in [0.15, 0.2) is 42.6 Å². The van der Waals surface area contributed by atoms with Crippen LogP contribution in [0.25, 0.3) is 10.9 Å². The lowest BCUT2D eigenvalue weighted by molar-refractivity contribution is -0.119. The van der Waals surface area contributed by atoms with E-state index in [0.29, 0.717) is 5.69 Å². The molecule has 0 spiro atoms. The molecule has 0 bridgehead atoms. The van der Waals surface area contributed by atoms with Crippen molar-refractivity contribution >= 4 is 40.4 Å². The number of fused-ring (bicyclic) bond motifs is 1. The van der Waals surface area contributed by atoms with E-state index in [0.717, 1.165) is 10.9 Å². The molecule has 2 amide bonds. The summed E-state index contributed by atoms with van der Waals surface area (Å²) in [4.78, 5) is 40.5. The van der Waals surface area contributed by atoms with Crippen LogP contribution in [0.4, 0.5) is 16.3 Å². The molecule has 0 aliphatic carbocycles. The van der Waals surface area contributed by atoms with Crippen LogP contribution in [0, 0.1) is 0 Å². The molecule has 162 valence electrons. The number of carbonyl (C=O) groups is 3. The summed E-state index contributed by atoms with van der Waals surface area (Å²) in [6, 6.07) is 10.6. The molecule has 2 aromatic heterocycles. The van der Waals surface area contributed by atoms with Crippen molar-refractivity contribution in [1.82, 2.24) is 14.8 Å². The number of carbonyl (C=O) groups excluding carboxylic acids is 3. The van der Waals surface area contributed by atoms with E-state index in [2.05, 4.69) is 20.7 Å². The monoisotopic (exact) mass is 425 g/mol. The number of nitrogens with one attached hydrogen (secondary N) is 2. The van der Waals surface area contributed by atoms with E-state index in [9.17, 15) is 14.4 Å². The second-order valence-corrected chi connectivity index (χ2v) is 7.71. The van der Waals surface area contributed by atoms with E-state index in [-0.39, 0.29) is 11.5 Å². The van der Waals surface area contributed by atoms with Crippen molar-refractivity contribution in [2.45, 2.75) is 26.4 Å². The maximum absolute atomic E-state index is 12.3. The summed E-state index contributed by atoms with van der Waals surface area (Å²) in [6.07, 6.45) is 0.825. The molecule has 0 saturated carbocycles. The Hall–Kier alpha value is -3.95. The van der Waals surface area contributed by atoms with Crippen LogP contribution in [0.5, 0.6) is 0 Å². The van der Waals surface area contributed by atoms with Gasteiger partial charge in [-0.15, -0.1) is 0 Å². The predicted molar refractivity (Wildman–Crippen MR) is 114 cm³/mol. The number of benzene rings is 1. The lowest BCUT2D eigenvalue weighted by Crippen LogP contribution is -2.27. The molecule has 10 nitrogen and oxygen atoms in total. The Morgan fingerprint density at radius 1 is 1.10 bits per heavy atom. The van der Waals surface area contributed by atoms with Crippen molar-refractivity contribution in [2.75, 3.05) is 17.2 Å². The first kappa shape index (κ1) is 21.8. The van der Waals surface area contributed by atoms with Gasteiger partial charge in [0.1, 0.15) is 11.3 Å². The first-order valence-electron chi connectivity index (χ1n) is 9.46. The highest BCUT2D eigenvalue weighted by molar-refractivity contribution is 5.96. The van der Waals surface area contributed by atoms with Gasteiger partial charge in [0.15, 0.2) is 12.4 Å². The minimum Gasteiger partial charge on any atom is -0.451 e. The van der Waals surface area contributed by atoms with Crippen molar-refractivity contribution in [1.29, 1.82) is 0 Å². The summed E-state index contributed by atoms with van der Waals surface area (Å²) < 4.78 is 11.4. The molecule has 31 heavy (non-hydrogen) atoms. The number of nitrogens with zero attached hydrogens (tertiary/aromatic N) is 3. The zero-order valence-corrected chi connectivity index (χ0v) is 17.6. The smallest absolute Gasteiger partial charge is 0.413 e. The minimum absolute atomic E-state index is 0.0613. The van der Waals surface area contributed by atoms with Crippen LogP contribution in [0.2, 0.25) is 0 Å². The van der Waals surface area contributed by atoms with Crippen LogP contribution >= 0.6 is 0 Å². The van der Waals surface area contributed by atoms with Gasteiger partial charge in [-0.05, 0) is 32.9 Å². The molecule has 0 unspecified atom stereocenters. The standard InChI is InChI=1S/C21H23N5O5/c1-21(2,3)31-20(29)24-17-10-16(26(4)25-17)19(28)30-12-18(27)23-14-9-13-7-5-6-8-15(13)22-11-14/h5-11H,12H2,1-4H3,(H,23,27)(H,24,25,29). The van der Waals surface area contributed by atoms with Crippen LogP contribution in [-0.4, -0.2) is 44.9 Å². The van der Waals surface area contributed by atoms with Crippen molar-refractivity contribution in [3.63, 3.8) is 0 Å². The lowest BCUT2D eigenvalue weighted by atomic mass is 10.2. The molecule has 0 atom stereocenters. The SMILES string of the molecule is Cn1nc(NC(=O)OC(C)(C)C)cc1C(=O)OCC(=O)Nc1cnc2ccccc2c1. The summed E-state index contributed by atoms with van der Waals surface area (Å²) >= 11 is 0. The second-order valence-electron chi connectivity index (χ2n) is 7.71. The van der Waals surface area contributed by atoms with Crippen LogP contribution < -0.4 is 10.6 Å². The van der Waals surface area contributed by atoms with Crippen LogP contribution in [0.3, 0.4) is 0 Å². The number of aromatic nitrogens is 3. The molecule has 0 aliphatic rings. The third kappa shape index (κ3) is 6.01. The number of pyridine rings is 1. The van der Waals surface area contributed by atoms with Gasteiger partial charge in [-0.25, -0.2) is 9.59 Å². The Morgan fingerprint density at radius 3 is 2.58 bits per heavy atom. The maximum Gasteiger partial charge on any atom is 0.413 e. The van der Waals surface area contributed by atoms with Gasteiger partial charge in [0.05, 0.1) is 17.4 Å². The summed E-state index contributed by atoms with van der Waals surface area (Å²) in [6.45, 7) is 4.69. The topological polar surface area (TPSA) is 124 Å². The molecule has 3 rings (SSSR count). The van der Waals surface area contributed by atoms with Gasteiger partial charge in [-0.3, -0.25) is 19.8 Å². The van der Waals surface area contributed by atoms with E-state index in [1.165, 1.54) is 24.0 Å². The number of hydrogen-bond acceptors (Lipinski definition) is 7. The molecule has 0 saturated heterocycles. The minimum atomic E-state index is -0.765. The Labute approximate surface area is 178 Å². The Morgan fingerprint density at radius 2 is 1.84 bits per heavy atom. The van der Waals surface area contributed by atoms with Gasteiger partial charge >= 0.3 is 12.1 Å². The zero-order chi connectivity index (χ0) is 22.6. The third-order valence-electron chi connectivity index (χ3n) is 3.93. The molecule has 10 heteroatoms. The quantitative estimate of drug-likeness (QED) is 0.602. The number of esters is 1. The third-order valence-corrected chi connectivity index (χ3v) is 3.93. The molecule has 1 aromatic carbocycles. The summed E-state index contributed by atoms with van der Waals surface area (Å²) in [5, 5.41) is 9.97. The number of aryl methyl sites for hydroxylation is 1. The molecular formula is C21H23N5O5. The number of hydrogen-bond donors (Lipinski definition) is 2. The molecular weight excluding hydrogens is 402 g/mol. The van der Waals surface area contributed by atoms with Crippen LogP contribution in [0.1, 0.15) is 31.3 Å². The van der Waals surface area contributed by atoms with Gasteiger partial charge in [0, 0.05) is 18.5 Å². The number of rotatable bonds is 5. The largest absolute Gasteiger partial charge is 0.451 e. The van der Waals surface area contributed by atoms with E-state index >= 15 is 0 Å². The van der Waals surface area contributed by atoms with E-state index in [1.54, 1.807) is 26.8 Å².